The number of anilines is 1. The van der Waals surface area contributed by atoms with E-state index in [1.165, 1.54) is 5.56 Å². The highest BCUT2D eigenvalue weighted by Gasteiger charge is 2.36. The van der Waals surface area contributed by atoms with Gasteiger partial charge in [-0.05, 0) is 39.2 Å². The lowest BCUT2D eigenvalue weighted by molar-refractivity contribution is -0.119. The topological polar surface area (TPSA) is 59.4 Å². The molecule has 1 fully saturated rings. The molecular formula is C21H30N4O2. The number of methoxy groups -OCH3 is 1. The van der Waals surface area contributed by atoms with Gasteiger partial charge in [-0.2, -0.15) is 5.10 Å². The molecule has 6 nitrogen and oxygen atoms in total. The first-order chi connectivity index (χ1) is 13.0. The summed E-state index contributed by atoms with van der Waals surface area (Å²) in [5.41, 5.74) is 3.68. The van der Waals surface area contributed by atoms with Gasteiger partial charge in [0.15, 0.2) is 0 Å². The highest BCUT2D eigenvalue weighted by atomic mass is 16.5. The Kier molecular flexibility index (Phi) is 5.97. The van der Waals surface area contributed by atoms with Crippen LogP contribution in [0.25, 0.3) is 0 Å². The van der Waals surface area contributed by atoms with E-state index in [9.17, 15) is 4.79 Å². The monoisotopic (exact) mass is 370 g/mol. The van der Waals surface area contributed by atoms with Crippen molar-refractivity contribution < 1.29 is 9.53 Å². The molecule has 2 aromatic rings. The molecule has 1 aromatic heterocycles. The van der Waals surface area contributed by atoms with E-state index < -0.39 is 0 Å². The zero-order valence-corrected chi connectivity index (χ0v) is 16.8. The molecule has 0 unspecified atom stereocenters. The minimum atomic E-state index is -0.246. The van der Waals surface area contributed by atoms with Gasteiger partial charge in [0.2, 0.25) is 5.91 Å². The predicted octanol–water partition coefficient (Wildman–Crippen LogP) is 3.10. The zero-order valence-electron chi connectivity index (χ0n) is 16.8. The molecule has 0 radical (unpaired) electrons. The molecule has 6 heteroatoms. The van der Waals surface area contributed by atoms with Crippen LogP contribution in [0.3, 0.4) is 0 Å². The smallest absolute Gasteiger partial charge is 0.238 e. The Bertz CT molecular complexity index is 777. The van der Waals surface area contributed by atoms with E-state index in [1.807, 2.05) is 31.5 Å². The van der Waals surface area contributed by atoms with E-state index in [-0.39, 0.29) is 11.5 Å². The third-order valence-electron chi connectivity index (χ3n) is 5.67. The summed E-state index contributed by atoms with van der Waals surface area (Å²) in [6.07, 6.45) is 1.76. The van der Waals surface area contributed by atoms with E-state index in [2.05, 4.69) is 39.6 Å². The van der Waals surface area contributed by atoms with Crippen LogP contribution in [-0.2, 0) is 21.7 Å². The maximum Gasteiger partial charge on any atom is 0.238 e. The summed E-state index contributed by atoms with van der Waals surface area (Å²) in [5.74, 6) is 0.0153. The Morgan fingerprint density at radius 1 is 1.22 bits per heavy atom. The normalized spacial score (nSPS) is 17.0. The lowest BCUT2D eigenvalue weighted by Crippen LogP contribution is -2.46. The Balaban J connectivity index is 1.59. The molecule has 1 N–H and O–H groups in total. The van der Waals surface area contributed by atoms with E-state index in [0.29, 0.717) is 6.54 Å². The van der Waals surface area contributed by atoms with Crippen LogP contribution < -0.4 is 5.32 Å². The SMILES string of the molecule is CCn1nc(C)c(NC(=O)CN2CCC(OC)(c3ccccc3)CC2)c1C. The number of likely N-dealkylation sites (tertiary alicyclic amines) is 1. The van der Waals surface area contributed by atoms with Gasteiger partial charge in [0, 0.05) is 26.7 Å². The molecule has 0 spiro atoms. The maximum absolute atomic E-state index is 12.6. The van der Waals surface area contributed by atoms with Gasteiger partial charge in [-0.3, -0.25) is 14.4 Å². The van der Waals surface area contributed by atoms with Crippen molar-refractivity contribution in [3.63, 3.8) is 0 Å². The number of benzene rings is 1. The number of aryl methyl sites for hydroxylation is 2. The van der Waals surface area contributed by atoms with Crippen LogP contribution in [0.15, 0.2) is 30.3 Å². The summed E-state index contributed by atoms with van der Waals surface area (Å²) in [4.78, 5) is 14.8. The number of piperidine rings is 1. The van der Waals surface area contributed by atoms with Crippen LogP contribution >= 0.6 is 0 Å². The summed E-state index contributed by atoms with van der Waals surface area (Å²) < 4.78 is 7.84. The average molecular weight is 370 g/mol. The second kappa shape index (κ2) is 8.23. The molecule has 1 saturated heterocycles. The summed E-state index contributed by atoms with van der Waals surface area (Å²) in [7, 11) is 1.78. The van der Waals surface area contributed by atoms with Gasteiger partial charge in [-0.25, -0.2) is 0 Å². The van der Waals surface area contributed by atoms with E-state index in [4.69, 9.17) is 4.74 Å². The first-order valence-electron chi connectivity index (χ1n) is 9.66. The van der Waals surface area contributed by atoms with E-state index >= 15 is 0 Å². The molecule has 1 aliphatic rings. The summed E-state index contributed by atoms with van der Waals surface area (Å²) in [6, 6.07) is 10.4. The number of aromatic nitrogens is 2. The molecule has 0 saturated carbocycles. The number of hydrogen-bond acceptors (Lipinski definition) is 4. The van der Waals surface area contributed by atoms with E-state index in [1.54, 1.807) is 7.11 Å². The Labute approximate surface area is 161 Å². The van der Waals surface area contributed by atoms with Crippen molar-refractivity contribution in [2.24, 2.45) is 0 Å². The summed E-state index contributed by atoms with van der Waals surface area (Å²) >= 11 is 0. The van der Waals surface area contributed by atoms with Crippen molar-refractivity contribution in [1.82, 2.24) is 14.7 Å². The number of ether oxygens (including phenoxy) is 1. The lowest BCUT2D eigenvalue weighted by atomic mass is 9.84. The first kappa shape index (κ1) is 19.6. The summed E-state index contributed by atoms with van der Waals surface area (Å²) in [6.45, 7) is 8.84. The van der Waals surface area contributed by atoms with Crippen LogP contribution in [0.4, 0.5) is 5.69 Å². The molecule has 2 heterocycles. The third kappa shape index (κ3) is 4.06. The van der Waals surface area contributed by atoms with Crippen molar-refractivity contribution in [2.75, 3.05) is 32.1 Å². The Morgan fingerprint density at radius 2 is 1.89 bits per heavy atom. The number of hydrogen-bond donors (Lipinski definition) is 1. The summed E-state index contributed by atoms with van der Waals surface area (Å²) in [5, 5.41) is 7.52. The van der Waals surface area contributed by atoms with Crippen LogP contribution in [-0.4, -0.2) is 47.3 Å². The second-order valence-corrected chi connectivity index (χ2v) is 7.25. The zero-order chi connectivity index (χ0) is 19.4. The molecule has 0 atom stereocenters. The quantitative estimate of drug-likeness (QED) is 0.849. The van der Waals surface area contributed by atoms with Gasteiger partial charge in [0.1, 0.15) is 0 Å². The minimum absolute atomic E-state index is 0.0153. The van der Waals surface area contributed by atoms with Crippen LogP contribution in [0, 0.1) is 13.8 Å². The van der Waals surface area contributed by atoms with Crippen LogP contribution in [0.5, 0.6) is 0 Å². The van der Waals surface area contributed by atoms with Gasteiger partial charge < -0.3 is 10.1 Å². The number of carbonyl (C=O) groups excluding carboxylic acids is 1. The Morgan fingerprint density at radius 3 is 2.44 bits per heavy atom. The molecule has 3 rings (SSSR count). The molecule has 27 heavy (non-hydrogen) atoms. The molecule has 146 valence electrons. The van der Waals surface area contributed by atoms with Crippen molar-refractivity contribution in [2.45, 2.75) is 45.8 Å². The third-order valence-corrected chi connectivity index (χ3v) is 5.67. The fourth-order valence-electron chi connectivity index (χ4n) is 3.99. The van der Waals surface area contributed by atoms with Crippen LogP contribution in [0.2, 0.25) is 0 Å². The number of rotatable bonds is 6. The number of nitrogens with one attached hydrogen (secondary N) is 1. The maximum atomic E-state index is 12.6. The number of amides is 1. The van der Waals surface area contributed by atoms with Gasteiger partial charge in [0.25, 0.3) is 0 Å². The average Bonchev–Trinajstić information content (AvgIpc) is 2.97. The van der Waals surface area contributed by atoms with Crippen molar-refractivity contribution >= 4 is 11.6 Å². The fraction of sp³-hybridized carbons (Fsp3) is 0.524. The minimum Gasteiger partial charge on any atom is -0.373 e. The van der Waals surface area contributed by atoms with Crippen molar-refractivity contribution in [3.8, 4) is 0 Å². The standard InChI is InChI=1S/C21H30N4O2/c1-5-25-17(3)20(16(2)23-25)22-19(26)15-24-13-11-21(27-4,12-14-24)18-9-7-6-8-10-18/h6-10H,5,11-15H2,1-4H3,(H,22,26). The number of nitrogens with zero attached hydrogens (tertiary/aromatic N) is 3. The highest BCUT2D eigenvalue weighted by molar-refractivity contribution is 5.93. The molecule has 1 aromatic carbocycles. The number of carbonyl (C=O) groups is 1. The van der Waals surface area contributed by atoms with Crippen LogP contribution in [0.1, 0.15) is 36.7 Å². The van der Waals surface area contributed by atoms with E-state index in [0.717, 1.165) is 49.6 Å². The largest absolute Gasteiger partial charge is 0.373 e. The Hall–Kier alpha value is -2.18. The van der Waals surface area contributed by atoms with Gasteiger partial charge in [-0.1, -0.05) is 30.3 Å². The fourth-order valence-corrected chi connectivity index (χ4v) is 3.99. The highest BCUT2D eigenvalue weighted by Crippen LogP contribution is 2.36. The molecule has 1 amide bonds. The first-order valence-corrected chi connectivity index (χ1v) is 9.66. The van der Waals surface area contributed by atoms with Crippen molar-refractivity contribution in [3.05, 3.63) is 47.3 Å². The second-order valence-electron chi connectivity index (χ2n) is 7.25. The molecule has 0 aliphatic carbocycles. The van der Waals surface area contributed by atoms with Gasteiger partial charge in [-0.15, -0.1) is 0 Å². The molecule has 1 aliphatic heterocycles. The molecular weight excluding hydrogens is 340 g/mol. The van der Waals surface area contributed by atoms with Gasteiger partial charge >= 0.3 is 0 Å². The lowest BCUT2D eigenvalue weighted by Gasteiger charge is -2.41. The van der Waals surface area contributed by atoms with Crippen molar-refractivity contribution in [1.29, 1.82) is 0 Å². The molecule has 0 bridgehead atoms. The predicted molar refractivity (Wildman–Crippen MR) is 107 cm³/mol. The van der Waals surface area contributed by atoms with Gasteiger partial charge in [0.05, 0.1) is 29.2 Å².